The van der Waals surface area contributed by atoms with Gasteiger partial charge in [-0.2, -0.15) is 0 Å². The summed E-state index contributed by atoms with van der Waals surface area (Å²) in [5.74, 6) is -5.94. The van der Waals surface area contributed by atoms with E-state index < -0.39 is 60.2 Å². The molecular weight excluding hydrogens is 761 g/mol. The van der Waals surface area contributed by atoms with Crippen molar-refractivity contribution < 1.29 is 47.7 Å². The molecule has 0 bridgehead atoms. The molecule has 0 N–H and O–H groups in total. The number of esters is 5. The van der Waals surface area contributed by atoms with E-state index in [0.717, 1.165) is 21.5 Å². The standard InChI is InChI=1S/C50H32O10/c51-46(38-25-9-17-30-13-1-5-21-34(30)38)56-29-42(57-47(52)39-26-10-18-31-14-2-6-22-35(31)39)43-44(59-48(53)40-27-11-19-32-15-3-7-23-36(32)40)45(50(55)58-43)60-49(54)41-28-12-20-33-16-4-8-24-37(33)41/h1-28,42-43H,29H2/t42-,43+/m0/s1. The summed E-state index contributed by atoms with van der Waals surface area (Å²) in [7, 11) is 0. The molecule has 292 valence electrons. The van der Waals surface area contributed by atoms with Crippen LogP contribution in [0.4, 0.5) is 0 Å². The summed E-state index contributed by atoms with van der Waals surface area (Å²) in [6.45, 7) is -0.670. The second-order valence-electron chi connectivity index (χ2n) is 13.9. The molecule has 1 heterocycles. The van der Waals surface area contributed by atoms with Crippen LogP contribution in [0.25, 0.3) is 43.1 Å². The van der Waals surface area contributed by atoms with Gasteiger partial charge in [0.15, 0.2) is 6.10 Å². The van der Waals surface area contributed by atoms with Gasteiger partial charge in [0.2, 0.25) is 11.9 Å². The van der Waals surface area contributed by atoms with Gasteiger partial charge >= 0.3 is 29.8 Å². The first-order valence-corrected chi connectivity index (χ1v) is 19.0. The van der Waals surface area contributed by atoms with Crippen molar-refractivity contribution in [1.82, 2.24) is 0 Å². The number of carbonyl (C=O) groups is 5. The van der Waals surface area contributed by atoms with Crippen LogP contribution in [0.2, 0.25) is 0 Å². The number of hydrogen-bond donors (Lipinski definition) is 0. The Hall–Kier alpha value is -8.11. The van der Waals surface area contributed by atoms with Crippen molar-refractivity contribution in [3.63, 3.8) is 0 Å². The van der Waals surface area contributed by atoms with E-state index in [1.807, 2.05) is 72.8 Å². The minimum absolute atomic E-state index is 0.125. The predicted octanol–water partition coefficient (Wildman–Crippen LogP) is 9.53. The highest BCUT2D eigenvalue weighted by Crippen LogP contribution is 2.33. The Bertz CT molecular complexity index is 3050. The highest BCUT2D eigenvalue weighted by Gasteiger charge is 2.47. The zero-order valence-electron chi connectivity index (χ0n) is 31.6. The lowest BCUT2D eigenvalue weighted by atomic mass is 10.0. The Morgan fingerprint density at radius 3 is 1.27 bits per heavy atom. The molecule has 1 aliphatic rings. The summed E-state index contributed by atoms with van der Waals surface area (Å²) < 4.78 is 29.5. The third-order valence-corrected chi connectivity index (χ3v) is 10.3. The van der Waals surface area contributed by atoms with Crippen LogP contribution < -0.4 is 0 Å². The molecule has 9 rings (SSSR count). The number of rotatable bonds is 10. The van der Waals surface area contributed by atoms with Gasteiger partial charge in [0, 0.05) is 0 Å². The maximum atomic E-state index is 14.2. The van der Waals surface area contributed by atoms with Crippen LogP contribution in [0.5, 0.6) is 0 Å². The summed E-state index contributed by atoms with van der Waals surface area (Å²) in [5, 5.41) is 5.31. The SMILES string of the molecule is O=C1O[C@H]([C@H](COC(=O)c2cccc3ccccc23)OC(=O)c2cccc3ccccc23)C(OC(=O)c2cccc3ccccc23)=C1OC(=O)c1cccc2ccccc12. The molecule has 10 heteroatoms. The average Bonchev–Trinajstić information content (AvgIpc) is 3.59. The van der Waals surface area contributed by atoms with Crippen LogP contribution in [-0.4, -0.2) is 48.7 Å². The summed E-state index contributed by atoms with van der Waals surface area (Å²) in [6, 6.07) is 49.0. The van der Waals surface area contributed by atoms with Crippen LogP contribution in [0.1, 0.15) is 41.4 Å². The average molecular weight is 793 g/mol. The van der Waals surface area contributed by atoms with E-state index in [0.29, 0.717) is 21.5 Å². The number of cyclic esters (lactones) is 1. The molecule has 1 aliphatic heterocycles. The molecule has 8 aromatic rings. The third-order valence-electron chi connectivity index (χ3n) is 10.3. The van der Waals surface area contributed by atoms with E-state index in [2.05, 4.69) is 0 Å². The van der Waals surface area contributed by atoms with Crippen LogP contribution in [0.15, 0.2) is 181 Å². The summed E-state index contributed by atoms with van der Waals surface area (Å²) in [6.07, 6.45) is -3.35. The molecule has 2 atom stereocenters. The van der Waals surface area contributed by atoms with Crippen molar-refractivity contribution in [3.8, 4) is 0 Å². The lowest BCUT2D eigenvalue weighted by Crippen LogP contribution is -2.39. The van der Waals surface area contributed by atoms with Gasteiger partial charge in [-0.3, -0.25) is 0 Å². The molecule has 0 spiro atoms. The van der Waals surface area contributed by atoms with E-state index >= 15 is 0 Å². The summed E-state index contributed by atoms with van der Waals surface area (Å²) >= 11 is 0. The fraction of sp³-hybridized carbons (Fsp3) is 0.0600. The van der Waals surface area contributed by atoms with Crippen molar-refractivity contribution in [2.24, 2.45) is 0 Å². The largest absolute Gasteiger partial charge is 0.458 e. The number of ether oxygens (including phenoxy) is 5. The van der Waals surface area contributed by atoms with Gasteiger partial charge in [0.1, 0.15) is 6.61 Å². The zero-order chi connectivity index (χ0) is 41.2. The molecule has 0 amide bonds. The van der Waals surface area contributed by atoms with Crippen molar-refractivity contribution in [1.29, 1.82) is 0 Å². The van der Waals surface area contributed by atoms with Crippen LogP contribution in [-0.2, 0) is 28.5 Å². The van der Waals surface area contributed by atoms with E-state index in [9.17, 15) is 24.0 Å². The van der Waals surface area contributed by atoms with Gasteiger partial charge < -0.3 is 23.7 Å². The number of benzene rings is 8. The number of carbonyl (C=O) groups excluding carboxylic acids is 5. The third kappa shape index (κ3) is 7.18. The van der Waals surface area contributed by atoms with Crippen molar-refractivity contribution in [2.75, 3.05) is 6.61 Å². The first-order chi connectivity index (χ1) is 29.3. The molecule has 0 unspecified atom stereocenters. The Labute approximate surface area is 342 Å². The maximum Gasteiger partial charge on any atom is 0.379 e. The van der Waals surface area contributed by atoms with E-state index in [1.54, 1.807) is 91.0 Å². The van der Waals surface area contributed by atoms with Gasteiger partial charge in [0.05, 0.1) is 22.3 Å². The molecule has 0 aliphatic carbocycles. The van der Waals surface area contributed by atoms with Crippen molar-refractivity contribution in [2.45, 2.75) is 12.2 Å². The number of fused-ring (bicyclic) bond motifs is 4. The highest BCUT2D eigenvalue weighted by molar-refractivity contribution is 6.09. The van der Waals surface area contributed by atoms with Crippen LogP contribution >= 0.6 is 0 Å². The molecule has 60 heavy (non-hydrogen) atoms. The van der Waals surface area contributed by atoms with Gasteiger partial charge in [-0.25, -0.2) is 24.0 Å². The lowest BCUT2D eigenvalue weighted by molar-refractivity contribution is -0.148. The van der Waals surface area contributed by atoms with E-state index in [-0.39, 0.29) is 22.3 Å². The molecule has 0 saturated carbocycles. The quantitative estimate of drug-likeness (QED) is 0.0975. The maximum absolute atomic E-state index is 14.2. The molecule has 0 radical (unpaired) electrons. The Kier molecular flexibility index (Phi) is 10.0. The summed E-state index contributed by atoms with van der Waals surface area (Å²) in [4.78, 5) is 69.9. The van der Waals surface area contributed by atoms with E-state index in [4.69, 9.17) is 23.7 Å². The molecule has 10 nitrogen and oxygen atoms in total. The molecule has 8 aromatic carbocycles. The Morgan fingerprint density at radius 1 is 0.450 bits per heavy atom. The highest BCUT2D eigenvalue weighted by atomic mass is 16.7. The molecule has 0 saturated heterocycles. The summed E-state index contributed by atoms with van der Waals surface area (Å²) in [5.41, 5.74) is 0.659. The fourth-order valence-corrected chi connectivity index (χ4v) is 7.43. The van der Waals surface area contributed by atoms with Crippen LogP contribution in [0, 0.1) is 0 Å². The van der Waals surface area contributed by atoms with Crippen molar-refractivity contribution in [3.05, 3.63) is 204 Å². The second kappa shape index (κ2) is 16.0. The molecule has 0 fully saturated rings. The minimum atomic E-state index is -1.73. The monoisotopic (exact) mass is 792 g/mol. The minimum Gasteiger partial charge on any atom is -0.458 e. The predicted molar refractivity (Wildman–Crippen MR) is 223 cm³/mol. The van der Waals surface area contributed by atoms with Gasteiger partial charge in [0.25, 0.3) is 5.76 Å². The van der Waals surface area contributed by atoms with Crippen molar-refractivity contribution >= 4 is 72.9 Å². The Balaban J connectivity index is 1.12. The van der Waals surface area contributed by atoms with Crippen LogP contribution in [0.3, 0.4) is 0 Å². The zero-order valence-corrected chi connectivity index (χ0v) is 31.6. The van der Waals surface area contributed by atoms with Gasteiger partial charge in [-0.1, -0.05) is 146 Å². The smallest absolute Gasteiger partial charge is 0.379 e. The molecule has 0 aromatic heterocycles. The lowest BCUT2D eigenvalue weighted by Gasteiger charge is -2.24. The topological polar surface area (TPSA) is 132 Å². The number of hydrogen-bond acceptors (Lipinski definition) is 10. The molecular formula is C50H32O10. The van der Waals surface area contributed by atoms with Gasteiger partial charge in [-0.05, 0) is 67.4 Å². The van der Waals surface area contributed by atoms with Gasteiger partial charge in [-0.15, -0.1) is 0 Å². The fourth-order valence-electron chi connectivity index (χ4n) is 7.43. The first kappa shape index (κ1) is 37.5. The second-order valence-corrected chi connectivity index (χ2v) is 13.9. The van der Waals surface area contributed by atoms with E-state index in [1.165, 1.54) is 6.07 Å². The Morgan fingerprint density at radius 2 is 0.817 bits per heavy atom. The normalized spacial score (nSPS) is 14.2. The first-order valence-electron chi connectivity index (χ1n) is 19.0.